The van der Waals surface area contributed by atoms with Crippen molar-refractivity contribution < 1.29 is 9.53 Å². The third kappa shape index (κ3) is 2.86. The highest BCUT2D eigenvalue weighted by molar-refractivity contribution is 5.80. The van der Waals surface area contributed by atoms with Crippen LogP contribution in [0.4, 0.5) is 0 Å². The molecule has 0 radical (unpaired) electrons. The van der Waals surface area contributed by atoms with Crippen molar-refractivity contribution >= 4 is 5.91 Å². The summed E-state index contributed by atoms with van der Waals surface area (Å²) in [5.74, 6) is 1.30. The molecule has 1 amide bonds. The highest BCUT2D eigenvalue weighted by Crippen LogP contribution is 2.37. The van der Waals surface area contributed by atoms with E-state index in [1.807, 2.05) is 11.8 Å². The maximum atomic E-state index is 12.2. The van der Waals surface area contributed by atoms with Gasteiger partial charge in [-0.25, -0.2) is 0 Å². The van der Waals surface area contributed by atoms with Crippen molar-refractivity contribution in [1.29, 1.82) is 0 Å². The number of hydrogen-bond acceptors (Lipinski definition) is 3. The number of nitrogens with zero attached hydrogens (tertiary/aromatic N) is 1. The van der Waals surface area contributed by atoms with E-state index in [2.05, 4.69) is 6.92 Å². The summed E-state index contributed by atoms with van der Waals surface area (Å²) in [6.45, 7) is 6.40. The molecule has 2 aliphatic rings. The second-order valence-corrected chi connectivity index (χ2v) is 5.77. The number of hydrogen-bond donors (Lipinski definition) is 1. The summed E-state index contributed by atoms with van der Waals surface area (Å²) in [6.07, 6.45) is 4.13. The summed E-state index contributed by atoms with van der Waals surface area (Å²) in [6, 6.07) is 0.295. The van der Waals surface area contributed by atoms with E-state index < -0.39 is 0 Å². The fourth-order valence-corrected chi connectivity index (χ4v) is 3.22. The predicted molar refractivity (Wildman–Crippen MR) is 71.1 cm³/mol. The Balaban J connectivity index is 1.80. The van der Waals surface area contributed by atoms with Crippen LogP contribution in [0.25, 0.3) is 0 Å². The van der Waals surface area contributed by atoms with E-state index in [4.69, 9.17) is 10.5 Å². The Morgan fingerprint density at radius 2 is 2.22 bits per heavy atom. The van der Waals surface area contributed by atoms with Gasteiger partial charge in [0.15, 0.2) is 0 Å². The molecule has 2 N–H and O–H groups in total. The van der Waals surface area contributed by atoms with Gasteiger partial charge in [-0.05, 0) is 38.0 Å². The lowest BCUT2D eigenvalue weighted by Crippen LogP contribution is -2.39. The molecule has 2 rings (SSSR count). The lowest BCUT2D eigenvalue weighted by Gasteiger charge is -2.22. The number of ether oxygens (including phenoxy) is 1. The van der Waals surface area contributed by atoms with Gasteiger partial charge in [0.1, 0.15) is 6.10 Å². The summed E-state index contributed by atoms with van der Waals surface area (Å²) in [5.41, 5.74) is 6.09. The van der Waals surface area contributed by atoms with Crippen molar-refractivity contribution in [1.82, 2.24) is 4.90 Å². The zero-order chi connectivity index (χ0) is 13.1. The highest BCUT2D eigenvalue weighted by Gasteiger charge is 2.43. The third-order valence-corrected chi connectivity index (χ3v) is 4.44. The SMILES string of the molecule is CCCCOC(C)C(=O)N1CC2CCC(N)C2C1. The zero-order valence-electron chi connectivity index (χ0n) is 11.6. The predicted octanol–water partition coefficient (Wildman–Crippen LogP) is 1.39. The van der Waals surface area contributed by atoms with E-state index in [0.29, 0.717) is 24.5 Å². The fraction of sp³-hybridized carbons (Fsp3) is 0.929. The second kappa shape index (κ2) is 6.02. The number of carbonyl (C=O) groups is 1. The standard InChI is InChI=1S/C14H26N2O2/c1-3-4-7-18-10(2)14(17)16-8-11-5-6-13(15)12(11)9-16/h10-13H,3-9,15H2,1-2H3. The molecule has 0 aromatic rings. The largest absolute Gasteiger partial charge is 0.369 e. The molecule has 4 atom stereocenters. The minimum atomic E-state index is -0.299. The Hall–Kier alpha value is -0.610. The van der Waals surface area contributed by atoms with Gasteiger partial charge >= 0.3 is 0 Å². The van der Waals surface area contributed by atoms with Crippen LogP contribution in [-0.4, -0.2) is 42.6 Å². The van der Waals surface area contributed by atoms with Crippen molar-refractivity contribution in [3.05, 3.63) is 0 Å². The monoisotopic (exact) mass is 254 g/mol. The minimum Gasteiger partial charge on any atom is -0.369 e. The molecule has 18 heavy (non-hydrogen) atoms. The third-order valence-electron chi connectivity index (χ3n) is 4.44. The van der Waals surface area contributed by atoms with Gasteiger partial charge in [0, 0.05) is 25.7 Å². The first-order chi connectivity index (χ1) is 8.63. The lowest BCUT2D eigenvalue weighted by molar-refractivity contribution is -0.141. The maximum absolute atomic E-state index is 12.2. The van der Waals surface area contributed by atoms with Gasteiger partial charge < -0.3 is 15.4 Å². The Morgan fingerprint density at radius 1 is 1.44 bits per heavy atom. The highest BCUT2D eigenvalue weighted by atomic mass is 16.5. The van der Waals surface area contributed by atoms with E-state index in [9.17, 15) is 4.79 Å². The number of rotatable bonds is 5. The average molecular weight is 254 g/mol. The number of fused-ring (bicyclic) bond motifs is 1. The van der Waals surface area contributed by atoms with Crippen LogP contribution < -0.4 is 5.73 Å². The van der Waals surface area contributed by atoms with Crippen molar-refractivity contribution in [3.63, 3.8) is 0 Å². The van der Waals surface area contributed by atoms with Crippen molar-refractivity contribution in [3.8, 4) is 0 Å². The van der Waals surface area contributed by atoms with Crippen LogP contribution in [0.3, 0.4) is 0 Å². The summed E-state index contributed by atoms with van der Waals surface area (Å²) in [7, 11) is 0. The first-order valence-electron chi connectivity index (χ1n) is 7.29. The van der Waals surface area contributed by atoms with Crippen LogP contribution >= 0.6 is 0 Å². The molecule has 1 saturated carbocycles. The molecule has 1 aliphatic heterocycles. The summed E-state index contributed by atoms with van der Waals surface area (Å²) < 4.78 is 5.58. The van der Waals surface area contributed by atoms with Crippen molar-refractivity contribution in [2.75, 3.05) is 19.7 Å². The van der Waals surface area contributed by atoms with Gasteiger partial charge in [-0.3, -0.25) is 4.79 Å². The van der Waals surface area contributed by atoms with Crippen LogP contribution in [0.5, 0.6) is 0 Å². The van der Waals surface area contributed by atoms with Gasteiger partial charge in [0.2, 0.25) is 0 Å². The maximum Gasteiger partial charge on any atom is 0.251 e. The first kappa shape index (κ1) is 13.8. The van der Waals surface area contributed by atoms with Gasteiger partial charge in [-0.15, -0.1) is 0 Å². The van der Waals surface area contributed by atoms with Crippen LogP contribution in [0.2, 0.25) is 0 Å². The van der Waals surface area contributed by atoms with Gasteiger partial charge in [-0.2, -0.15) is 0 Å². The van der Waals surface area contributed by atoms with Crippen LogP contribution in [0.1, 0.15) is 39.5 Å². The van der Waals surface area contributed by atoms with E-state index in [1.165, 1.54) is 6.42 Å². The van der Waals surface area contributed by atoms with E-state index in [0.717, 1.165) is 32.4 Å². The number of amides is 1. The van der Waals surface area contributed by atoms with Crippen LogP contribution in [0, 0.1) is 11.8 Å². The molecule has 4 unspecified atom stereocenters. The number of nitrogens with two attached hydrogens (primary N) is 1. The molecule has 0 aromatic carbocycles. The quantitative estimate of drug-likeness (QED) is 0.754. The molecule has 4 nitrogen and oxygen atoms in total. The Kier molecular flexibility index (Phi) is 4.62. The molecule has 0 spiro atoms. The molecule has 4 heteroatoms. The Labute approximate surface area is 110 Å². The van der Waals surface area contributed by atoms with E-state index >= 15 is 0 Å². The number of carbonyl (C=O) groups excluding carboxylic acids is 1. The van der Waals surface area contributed by atoms with E-state index in [1.54, 1.807) is 0 Å². The normalized spacial score (nSPS) is 32.6. The smallest absolute Gasteiger partial charge is 0.251 e. The fourth-order valence-electron chi connectivity index (χ4n) is 3.22. The summed E-state index contributed by atoms with van der Waals surface area (Å²) in [5, 5.41) is 0. The van der Waals surface area contributed by atoms with Gasteiger partial charge in [0.25, 0.3) is 5.91 Å². The molecule has 1 saturated heterocycles. The molecule has 0 aromatic heterocycles. The van der Waals surface area contributed by atoms with Gasteiger partial charge in [-0.1, -0.05) is 13.3 Å². The van der Waals surface area contributed by atoms with E-state index in [-0.39, 0.29) is 12.0 Å². The first-order valence-corrected chi connectivity index (χ1v) is 7.29. The Morgan fingerprint density at radius 3 is 2.89 bits per heavy atom. The van der Waals surface area contributed by atoms with Crippen molar-refractivity contribution in [2.24, 2.45) is 17.6 Å². The molecule has 0 bridgehead atoms. The summed E-state index contributed by atoms with van der Waals surface area (Å²) >= 11 is 0. The van der Waals surface area contributed by atoms with Crippen molar-refractivity contribution in [2.45, 2.75) is 51.7 Å². The van der Waals surface area contributed by atoms with Crippen LogP contribution in [-0.2, 0) is 9.53 Å². The number of likely N-dealkylation sites (tertiary alicyclic amines) is 1. The molecular weight excluding hydrogens is 228 g/mol. The minimum absolute atomic E-state index is 0.146. The zero-order valence-corrected chi connectivity index (χ0v) is 11.6. The molecule has 2 fully saturated rings. The molecule has 1 aliphatic carbocycles. The molecule has 1 heterocycles. The lowest BCUT2D eigenvalue weighted by atomic mass is 9.98. The summed E-state index contributed by atoms with van der Waals surface area (Å²) in [4.78, 5) is 14.2. The Bertz CT molecular complexity index is 296. The molecule has 104 valence electrons. The number of unbranched alkanes of at least 4 members (excludes halogenated alkanes) is 1. The average Bonchev–Trinajstić information content (AvgIpc) is 2.91. The second-order valence-electron chi connectivity index (χ2n) is 5.77. The topological polar surface area (TPSA) is 55.6 Å². The van der Waals surface area contributed by atoms with Gasteiger partial charge in [0.05, 0.1) is 0 Å². The molecular formula is C14H26N2O2. The van der Waals surface area contributed by atoms with Crippen LogP contribution in [0.15, 0.2) is 0 Å².